The summed E-state index contributed by atoms with van der Waals surface area (Å²) in [5, 5.41) is 29.9. The zero-order chi connectivity index (χ0) is 63.0. The van der Waals surface area contributed by atoms with Gasteiger partial charge in [0.2, 0.25) is 11.8 Å². The summed E-state index contributed by atoms with van der Waals surface area (Å²) in [6.45, 7) is 1.05. The first-order chi connectivity index (χ1) is 43.7. The van der Waals surface area contributed by atoms with Gasteiger partial charge in [-0.3, -0.25) is 0 Å². The largest absolute Gasteiger partial charge is 0.515 e. The van der Waals surface area contributed by atoms with Crippen LogP contribution in [0.4, 0.5) is 9.59 Å². The van der Waals surface area contributed by atoms with Crippen LogP contribution in [-0.2, 0) is 27.4 Å². The van der Waals surface area contributed by atoms with E-state index in [-0.39, 0.29) is 55.2 Å². The zero-order valence-electron chi connectivity index (χ0n) is 49.5. The minimum atomic E-state index is -1.52. The van der Waals surface area contributed by atoms with Crippen molar-refractivity contribution in [3.05, 3.63) is 108 Å². The minimum absolute atomic E-state index is 0.00871. The molecule has 2 aliphatic carbocycles. The lowest BCUT2D eigenvalue weighted by molar-refractivity contribution is -0.140. The number of carboxylic acids is 2. The molecule has 3 N–H and O–H groups in total. The number of fused-ring (bicyclic) bond motifs is 4. The highest BCUT2D eigenvalue weighted by Gasteiger charge is 2.31. The molecule has 0 atom stereocenters. The fourth-order valence-electron chi connectivity index (χ4n) is 11.3. The van der Waals surface area contributed by atoms with E-state index in [2.05, 4.69) is 17.5 Å². The van der Waals surface area contributed by atoms with Gasteiger partial charge < -0.3 is 76.6 Å². The molecule has 12 rings (SSSR count). The van der Waals surface area contributed by atoms with Crippen LogP contribution >= 0.6 is 23.5 Å². The van der Waals surface area contributed by atoms with Gasteiger partial charge in [0.15, 0.2) is 36.2 Å². The second-order valence-electron chi connectivity index (χ2n) is 21.0. The van der Waals surface area contributed by atoms with Crippen molar-refractivity contribution in [2.75, 3.05) is 48.3 Å². The molecule has 0 amide bonds. The lowest BCUT2D eigenvalue weighted by Crippen LogP contribution is -2.14. The Labute approximate surface area is 522 Å². The van der Waals surface area contributed by atoms with Gasteiger partial charge in [-0.05, 0) is 130 Å². The Morgan fingerprint density at radius 1 is 0.500 bits per heavy atom. The van der Waals surface area contributed by atoms with E-state index in [1.54, 1.807) is 68.2 Å². The Bertz CT molecular complexity index is 4300. The predicted molar refractivity (Wildman–Crippen MR) is 332 cm³/mol. The molecule has 2 saturated carbocycles. The Morgan fingerprint density at radius 3 is 1.33 bits per heavy atom. The van der Waals surface area contributed by atoms with Gasteiger partial charge in [0.05, 0.1) is 106 Å². The number of carboxylic acid groups (broad SMARTS) is 3. The molecule has 10 aromatic rings. The van der Waals surface area contributed by atoms with Gasteiger partial charge in [-0.15, -0.1) is 0 Å². The third-order valence-electron chi connectivity index (χ3n) is 15.4. The third kappa shape index (κ3) is 13.5. The standard InChI is InChI=1S/C33H33N3O9S.C31H29N3O9S/c1-4-42-33(39)45-32-31(22-11-10-21(40-2)14-27(22)43-18-30(37)38)23-15-28(41-3)29(44-20-7-5-6-8-20)16-26(23)36(32)17-19-9-12-24-25(13-19)35-46-34-24;1-39-19-8-9-20(25(12-19)41-16-28(35)36)29-21-13-26(40-2)27(42-18-5-3-4-6-18)14-24(21)34(30(29)43-31(37)38)15-17-7-10-22-23(11-17)33-44-32-22/h9-16,20H,4-8,17-18H2,1-3H3,(H,37,38);7-14,18H,3-6,15-16H2,1-2H3,(H,35,36)(H,37,38). The van der Waals surface area contributed by atoms with Crippen LogP contribution in [0.3, 0.4) is 0 Å². The molecule has 0 spiro atoms. The van der Waals surface area contributed by atoms with Crippen LogP contribution in [0.25, 0.3) is 66.1 Å². The third-order valence-corrected chi connectivity index (χ3v) is 16.5. The van der Waals surface area contributed by atoms with E-state index in [1.165, 1.54) is 14.2 Å². The number of rotatable bonds is 23. The average molecular weight is 1270 g/mol. The minimum Gasteiger partial charge on any atom is -0.497 e. The molecule has 2 fully saturated rings. The number of aliphatic carboxylic acids is 2. The topological polar surface area (TPSA) is 292 Å². The van der Waals surface area contributed by atoms with E-state index in [9.17, 15) is 34.5 Å². The maximum Gasteiger partial charge on any atom is 0.515 e. The molecule has 6 aromatic carbocycles. The van der Waals surface area contributed by atoms with Crippen molar-refractivity contribution in [3.8, 4) is 80.0 Å². The van der Waals surface area contributed by atoms with E-state index in [1.807, 2.05) is 59.2 Å². The van der Waals surface area contributed by atoms with Crippen LogP contribution in [0, 0.1) is 0 Å². The van der Waals surface area contributed by atoms with Crippen molar-refractivity contribution < 1.29 is 86.6 Å². The van der Waals surface area contributed by atoms with Crippen molar-refractivity contribution in [2.24, 2.45) is 0 Å². The van der Waals surface area contributed by atoms with Crippen LogP contribution in [-0.4, -0.2) is 127 Å². The fraction of sp³-hybridized carbons (Fsp3) is 0.312. The number of carbonyl (C=O) groups excluding carboxylic acids is 1. The molecule has 4 aromatic heterocycles. The molecule has 0 radical (unpaired) electrons. The Hall–Kier alpha value is -10.1. The van der Waals surface area contributed by atoms with Crippen molar-refractivity contribution in [1.82, 2.24) is 26.6 Å². The van der Waals surface area contributed by atoms with Gasteiger partial charge in [-0.25, -0.2) is 19.2 Å². The monoisotopic (exact) mass is 1270 g/mol. The quantitative estimate of drug-likeness (QED) is 0.0501. The first-order valence-electron chi connectivity index (χ1n) is 28.8. The molecule has 0 saturated heterocycles. The maximum absolute atomic E-state index is 13.0. The van der Waals surface area contributed by atoms with Crippen LogP contribution in [0.2, 0.25) is 0 Å². The summed E-state index contributed by atoms with van der Waals surface area (Å²) in [5.74, 6) is 1.15. The molecule has 90 heavy (non-hydrogen) atoms. The summed E-state index contributed by atoms with van der Waals surface area (Å²) >= 11 is 2.24. The van der Waals surface area contributed by atoms with Gasteiger partial charge in [-0.1, -0.05) is 12.1 Å². The van der Waals surface area contributed by atoms with Crippen LogP contribution in [0.15, 0.2) is 97.1 Å². The summed E-state index contributed by atoms with van der Waals surface area (Å²) in [6, 6.07) is 28.7. The Morgan fingerprint density at radius 2 is 0.933 bits per heavy atom. The molecule has 0 bridgehead atoms. The van der Waals surface area contributed by atoms with E-state index < -0.39 is 37.5 Å². The molecule has 4 heterocycles. The van der Waals surface area contributed by atoms with Crippen LogP contribution in [0.5, 0.6) is 57.8 Å². The molecule has 0 unspecified atom stereocenters. The van der Waals surface area contributed by atoms with Gasteiger partial charge in [0.25, 0.3) is 0 Å². The molecule has 0 aliphatic heterocycles. The average Bonchev–Trinajstić information content (AvgIpc) is 1.60. The number of benzene rings is 6. The van der Waals surface area contributed by atoms with E-state index in [4.69, 9.17) is 52.1 Å². The molecule has 26 heteroatoms. The molecular weight excluding hydrogens is 1200 g/mol. The van der Waals surface area contributed by atoms with Gasteiger partial charge >= 0.3 is 24.2 Å². The summed E-state index contributed by atoms with van der Waals surface area (Å²) < 4.78 is 84.3. The van der Waals surface area contributed by atoms with Crippen molar-refractivity contribution in [3.63, 3.8) is 0 Å². The summed E-state index contributed by atoms with van der Waals surface area (Å²) in [4.78, 5) is 48.1. The number of hydrogen-bond acceptors (Lipinski definition) is 21. The smallest absolute Gasteiger partial charge is 0.497 e. The molecule has 2 aliphatic rings. The lowest BCUT2D eigenvalue weighted by atomic mass is 10.0. The van der Waals surface area contributed by atoms with E-state index in [0.717, 1.165) is 108 Å². The lowest BCUT2D eigenvalue weighted by Gasteiger charge is -2.17. The highest BCUT2D eigenvalue weighted by molar-refractivity contribution is 7.00. The number of methoxy groups -OCH3 is 4. The van der Waals surface area contributed by atoms with E-state index in [0.29, 0.717) is 78.6 Å². The summed E-state index contributed by atoms with van der Waals surface area (Å²) in [5.41, 5.74) is 7.71. The SMILES string of the molecule is CCOC(=O)Oc1c(-c2ccc(OC)cc2OCC(=O)O)c2cc(OC)c(OC3CCCC3)cc2n1Cc1ccc2nsnc2c1.COc1ccc(-c2c(OC(=O)O)n(Cc3ccc4nsnc4c3)c3cc(OC4CCCC4)c(OC)cc23)c(OCC(=O)O)c1. The molecule has 468 valence electrons. The number of ether oxygens (including phenoxy) is 11. The number of carbonyl (C=O) groups is 4. The van der Waals surface area contributed by atoms with Crippen LogP contribution < -0.4 is 47.4 Å². The Balaban J connectivity index is 0.000000185. The maximum atomic E-state index is 13.0. The van der Waals surface area contributed by atoms with E-state index >= 15 is 0 Å². The number of nitrogens with zero attached hydrogens (tertiary/aromatic N) is 6. The molecular formula is C64H62N6O18S2. The van der Waals surface area contributed by atoms with Gasteiger partial charge in [0, 0.05) is 46.2 Å². The number of aromatic nitrogens is 6. The highest BCUT2D eigenvalue weighted by atomic mass is 32.1. The first kappa shape index (κ1) is 61.6. The van der Waals surface area contributed by atoms with Crippen molar-refractivity contribution in [2.45, 2.75) is 83.6 Å². The summed E-state index contributed by atoms with van der Waals surface area (Å²) in [7, 11) is 6.09. The van der Waals surface area contributed by atoms with Crippen molar-refractivity contribution >= 4 is 91.6 Å². The second-order valence-corrected chi connectivity index (χ2v) is 22.1. The van der Waals surface area contributed by atoms with Gasteiger partial charge in [-0.2, -0.15) is 17.5 Å². The summed E-state index contributed by atoms with van der Waals surface area (Å²) in [6.07, 6.45) is 5.78. The molecule has 24 nitrogen and oxygen atoms in total. The number of hydrogen-bond donors (Lipinski definition) is 3. The van der Waals surface area contributed by atoms with Gasteiger partial charge in [0.1, 0.15) is 45.1 Å². The first-order valence-corrected chi connectivity index (χ1v) is 30.2. The highest BCUT2D eigenvalue weighted by Crippen LogP contribution is 2.51. The predicted octanol–water partition coefficient (Wildman–Crippen LogP) is 12.9. The second kappa shape index (κ2) is 27.5. The van der Waals surface area contributed by atoms with Crippen LogP contribution in [0.1, 0.15) is 69.4 Å². The normalized spacial score (nSPS) is 13.3. The fourth-order valence-corrected chi connectivity index (χ4v) is 12.3. The van der Waals surface area contributed by atoms with Crippen molar-refractivity contribution in [1.29, 1.82) is 0 Å². The zero-order valence-corrected chi connectivity index (χ0v) is 51.2. The Kier molecular flexibility index (Phi) is 18.8.